The first-order chi connectivity index (χ1) is 10.7. The van der Waals surface area contributed by atoms with Gasteiger partial charge in [0.05, 0.1) is 27.4 Å². The molecule has 3 rings (SSSR count). The van der Waals surface area contributed by atoms with E-state index in [1.165, 1.54) is 4.70 Å². The summed E-state index contributed by atoms with van der Waals surface area (Å²) in [5, 5.41) is 7.28. The highest BCUT2D eigenvalue weighted by molar-refractivity contribution is 7.18. The second kappa shape index (κ2) is 8.06. The molecule has 3 atom stereocenters. The van der Waals surface area contributed by atoms with Crippen LogP contribution in [0.5, 0.6) is 0 Å². The average Bonchev–Trinajstić information content (AvgIpc) is 3.18. The van der Waals surface area contributed by atoms with E-state index in [0.29, 0.717) is 6.54 Å². The Morgan fingerprint density at radius 3 is 3.00 bits per heavy atom. The fourth-order valence-corrected chi connectivity index (χ4v) is 3.67. The molecule has 2 heterocycles. The molecule has 0 bridgehead atoms. The summed E-state index contributed by atoms with van der Waals surface area (Å²) in [6.45, 7) is 3.44. The summed E-state index contributed by atoms with van der Waals surface area (Å²) < 4.78 is 6.46. The minimum atomic E-state index is -0.146. The summed E-state index contributed by atoms with van der Waals surface area (Å²) in [4.78, 5) is 16.8. The van der Waals surface area contributed by atoms with Crippen LogP contribution in [0.1, 0.15) is 24.3 Å². The molecule has 1 fully saturated rings. The number of halogens is 1. The molecular weight excluding hydrogens is 334 g/mol. The number of para-hydroxylation sites is 1. The first kappa shape index (κ1) is 18.1. The highest BCUT2D eigenvalue weighted by atomic mass is 35.5. The maximum atomic E-state index is 12.2. The van der Waals surface area contributed by atoms with Crippen molar-refractivity contribution in [2.24, 2.45) is 0 Å². The predicted octanol–water partition coefficient (Wildman–Crippen LogP) is 2.31. The van der Waals surface area contributed by atoms with Crippen molar-refractivity contribution in [3.05, 3.63) is 29.3 Å². The van der Waals surface area contributed by atoms with E-state index in [-0.39, 0.29) is 36.4 Å². The number of methoxy groups -OCH3 is 1. The number of fused-ring (bicyclic) bond motifs is 1. The highest BCUT2D eigenvalue weighted by Crippen LogP contribution is 2.26. The lowest BCUT2D eigenvalue weighted by atomic mass is 10.1. The van der Waals surface area contributed by atoms with Crippen molar-refractivity contribution >= 4 is 39.9 Å². The standard InChI is InChI=1S/C16H21N3O2S.ClH/c1-10(16-19-12-5-3-4-6-14(12)22-16)8-18-15(20)13-7-11(21-2)9-17-13;/h3-6,10-11,13,17H,7-9H2,1-2H3,(H,18,20);1H/t10?,11-,13+;/m0./s1. The van der Waals surface area contributed by atoms with E-state index in [0.717, 1.165) is 23.5 Å². The maximum absolute atomic E-state index is 12.2. The number of carbonyl (C=O) groups excluding carboxylic acids is 1. The van der Waals surface area contributed by atoms with Crippen LogP contribution in [0.3, 0.4) is 0 Å². The van der Waals surface area contributed by atoms with E-state index in [9.17, 15) is 4.79 Å². The average molecular weight is 356 g/mol. The van der Waals surface area contributed by atoms with E-state index >= 15 is 0 Å². The molecule has 2 N–H and O–H groups in total. The third-order valence-electron chi connectivity index (χ3n) is 4.05. The molecule has 7 heteroatoms. The van der Waals surface area contributed by atoms with Crippen LogP contribution in [0.25, 0.3) is 10.2 Å². The summed E-state index contributed by atoms with van der Waals surface area (Å²) in [6, 6.07) is 7.97. The van der Waals surface area contributed by atoms with Gasteiger partial charge in [0.25, 0.3) is 0 Å². The van der Waals surface area contributed by atoms with Gasteiger partial charge < -0.3 is 15.4 Å². The molecular formula is C16H22ClN3O2S. The summed E-state index contributed by atoms with van der Waals surface area (Å²) >= 11 is 1.70. The van der Waals surface area contributed by atoms with Crippen molar-refractivity contribution in [1.29, 1.82) is 0 Å². The third kappa shape index (κ3) is 4.20. The van der Waals surface area contributed by atoms with E-state index < -0.39 is 0 Å². The van der Waals surface area contributed by atoms with Crippen LogP contribution in [0.4, 0.5) is 0 Å². The SMILES string of the molecule is CO[C@@H]1CN[C@@H](C(=O)NCC(C)c2nc3ccccc3s2)C1.Cl. The molecule has 1 aliphatic heterocycles. The molecule has 126 valence electrons. The smallest absolute Gasteiger partial charge is 0.237 e. The summed E-state index contributed by atoms with van der Waals surface area (Å²) in [6.07, 6.45) is 0.870. The number of nitrogens with zero attached hydrogens (tertiary/aromatic N) is 1. The number of carbonyl (C=O) groups is 1. The number of aromatic nitrogens is 1. The van der Waals surface area contributed by atoms with Crippen LogP contribution < -0.4 is 10.6 Å². The summed E-state index contributed by atoms with van der Waals surface area (Å²) in [7, 11) is 1.68. The number of ether oxygens (including phenoxy) is 1. The molecule has 1 saturated heterocycles. The molecule has 1 unspecified atom stereocenters. The molecule has 2 aromatic rings. The van der Waals surface area contributed by atoms with Gasteiger partial charge in [-0.2, -0.15) is 0 Å². The van der Waals surface area contributed by atoms with E-state index in [4.69, 9.17) is 4.74 Å². The van der Waals surface area contributed by atoms with Crippen LogP contribution in [-0.4, -0.2) is 43.2 Å². The minimum absolute atomic E-state index is 0. The van der Waals surface area contributed by atoms with Crippen molar-refractivity contribution in [1.82, 2.24) is 15.6 Å². The van der Waals surface area contributed by atoms with Crippen molar-refractivity contribution in [3.8, 4) is 0 Å². The van der Waals surface area contributed by atoms with Gasteiger partial charge in [0, 0.05) is 26.1 Å². The van der Waals surface area contributed by atoms with Gasteiger partial charge in [-0.15, -0.1) is 23.7 Å². The number of nitrogens with one attached hydrogen (secondary N) is 2. The first-order valence-electron chi connectivity index (χ1n) is 7.56. The fraction of sp³-hybridized carbons (Fsp3) is 0.500. The summed E-state index contributed by atoms with van der Waals surface area (Å²) in [5.74, 6) is 0.258. The second-order valence-corrected chi connectivity index (χ2v) is 6.78. The van der Waals surface area contributed by atoms with Crippen molar-refractivity contribution in [2.75, 3.05) is 20.2 Å². The number of thiazole rings is 1. The zero-order valence-corrected chi connectivity index (χ0v) is 14.9. The Morgan fingerprint density at radius 2 is 2.30 bits per heavy atom. The topological polar surface area (TPSA) is 63.2 Å². The van der Waals surface area contributed by atoms with Gasteiger partial charge >= 0.3 is 0 Å². The third-order valence-corrected chi connectivity index (χ3v) is 5.32. The van der Waals surface area contributed by atoms with Gasteiger partial charge in [-0.25, -0.2) is 4.98 Å². The Bertz CT molecular complexity index is 631. The monoisotopic (exact) mass is 355 g/mol. The van der Waals surface area contributed by atoms with E-state index in [1.54, 1.807) is 18.4 Å². The van der Waals surface area contributed by atoms with Crippen LogP contribution in [0.15, 0.2) is 24.3 Å². The van der Waals surface area contributed by atoms with Gasteiger partial charge in [0.15, 0.2) is 0 Å². The Kier molecular flexibility index (Phi) is 6.35. The lowest BCUT2D eigenvalue weighted by molar-refractivity contribution is -0.123. The number of rotatable bonds is 5. The number of hydrogen-bond acceptors (Lipinski definition) is 5. The molecule has 23 heavy (non-hydrogen) atoms. The molecule has 1 amide bonds. The van der Waals surface area contributed by atoms with E-state index in [2.05, 4.69) is 28.6 Å². The zero-order valence-electron chi connectivity index (χ0n) is 13.2. The predicted molar refractivity (Wildman–Crippen MR) is 95.5 cm³/mol. The van der Waals surface area contributed by atoms with E-state index in [1.807, 2.05) is 18.2 Å². The fourth-order valence-electron chi connectivity index (χ4n) is 2.65. The summed E-state index contributed by atoms with van der Waals surface area (Å²) in [5.41, 5.74) is 1.03. The first-order valence-corrected chi connectivity index (χ1v) is 8.38. The second-order valence-electron chi connectivity index (χ2n) is 5.72. The number of hydrogen-bond donors (Lipinski definition) is 2. The molecule has 1 aromatic carbocycles. The van der Waals surface area contributed by atoms with Crippen molar-refractivity contribution < 1.29 is 9.53 Å². The Hall–Kier alpha value is -1.21. The molecule has 1 aliphatic rings. The number of amides is 1. The Balaban J connectivity index is 0.00000192. The van der Waals surface area contributed by atoms with Crippen LogP contribution in [0.2, 0.25) is 0 Å². The number of benzene rings is 1. The largest absolute Gasteiger partial charge is 0.380 e. The van der Waals surface area contributed by atoms with Gasteiger partial charge in [-0.05, 0) is 18.6 Å². The molecule has 0 radical (unpaired) electrons. The van der Waals surface area contributed by atoms with Gasteiger partial charge in [-0.3, -0.25) is 4.79 Å². The zero-order chi connectivity index (χ0) is 15.5. The van der Waals surface area contributed by atoms with Crippen LogP contribution >= 0.6 is 23.7 Å². The molecule has 0 saturated carbocycles. The van der Waals surface area contributed by atoms with Gasteiger partial charge in [-0.1, -0.05) is 19.1 Å². The van der Waals surface area contributed by atoms with Gasteiger partial charge in [0.2, 0.25) is 5.91 Å². The van der Waals surface area contributed by atoms with Crippen LogP contribution in [0, 0.1) is 0 Å². The minimum Gasteiger partial charge on any atom is -0.380 e. The molecule has 5 nitrogen and oxygen atoms in total. The van der Waals surface area contributed by atoms with Crippen LogP contribution in [-0.2, 0) is 9.53 Å². The lowest BCUT2D eigenvalue weighted by Gasteiger charge is -2.14. The Labute approximate surface area is 146 Å². The quantitative estimate of drug-likeness (QED) is 0.864. The normalized spacial score (nSPS) is 21.8. The van der Waals surface area contributed by atoms with Crippen molar-refractivity contribution in [3.63, 3.8) is 0 Å². The lowest BCUT2D eigenvalue weighted by Crippen LogP contribution is -2.41. The molecule has 1 aromatic heterocycles. The molecule has 0 aliphatic carbocycles. The maximum Gasteiger partial charge on any atom is 0.237 e. The van der Waals surface area contributed by atoms with Gasteiger partial charge in [0.1, 0.15) is 0 Å². The Morgan fingerprint density at radius 1 is 1.52 bits per heavy atom. The van der Waals surface area contributed by atoms with Crippen molar-refractivity contribution in [2.45, 2.75) is 31.4 Å². The molecule has 0 spiro atoms. The highest BCUT2D eigenvalue weighted by Gasteiger charge is 2.29.